The number of rotatable bonds is 1. The van der Waals surface area contributed by atoms with Crippen molar-refractivity contribution in [2.75, 3.05) is 0 Å². The van der Waals surface area contributed by atoms with Gasteiger partial charge in [0.2, 0.25) is 0 Å². The van der Waals surface area contributed by atoms with Crippen LogP contribution in [0.4, 0.5) is 0 Å². The van der Waals surface area contributed by atoms with Gasteiger partial charge in [-0.15, -0.1) is 0 Å². The molecule has 0 heteroatoms. The molecule has 80 valence electrons. The molecule has 0 N–H and O–H groups in total. The summed E-state index contributed by atoms with van der Waals surface area (Å²) in [6.07, 6.45) is 7.83. The molecule has 4 bridgehead atoms. The second-order valence-corrected chi connectivity index (χ2v) is 7.10. The van der Waals surface area contributed by atoms with E-state index in [1.807, 2.05) is 0 Å². The first-order chi connectivity index (χ1) is 6.57. The van der Waals surface area contributed by atoms with Crippen LogP contribution in [-0.4, -0.2) is 0 Å². The van der Waals surface area contributed by atoms with Gasteiger partial charge in [0.25, 0.3) is 0 Å². The second-order valence-electron chi connectivity index (χ2n) is 7.10. The lowest BCUT2D eigenvalue weighted by Crippen LogP contribution is -2.51. The van der Waals surface area contributed by atoms with Crippen LogP contribution < -0.4 is 0 Å². The highest BCUT2D eigenvalue weighted by atomic mass is 14.6. The molecule has 0 aromatic carbocycles. The third-order valence-corrected chi connectivity index (χ3v) is 5.42. The van der Waals surface area contributed by atoms with Crippen LogP contribution in [0, 0.1) is 35.0 Å². The van der Waals surface area contributed by atoms with Crippen LogP contribution in [0.1, 0.15) is 52.9 Å². The van der Waals surface area contributed by atoms with Gasteiger partial charge < -0.3 is 0 Å². The second kappa shape index (κ2) is 2.77. The molecule has 0 heterocycles. The molecule has 0 saturated heterocycles. The molecule has 0 aliphatic heterocycles. The maximum atomic E-state index is 2.56. The summed E-state index contributed by atoms with van der Waals surface area (Å²) in [6, 6.07) is 0. The molecule has 0 radical (unpaired) electrons. The van der Waals surface area contributed by atoms with Crippen LogP contribution in [0.5, 0.6) is 0 Å². The first kappa shape index (κ1) is 9.24. The Kier molecular flexibility index (Phi) is 1.83. The van der Waals surface area contributed by atoms with E-state index in [0.717, 1.165) is 35.0 Å². The summed E-state index contributed by atoms with van der Waals surface area (Å²) in [5, 5.41) is 0. The highest BCUT2D eigenvalue weighted by molar-refractivity contribution is 5.03. The predicted molar refractivity (Wildman–Crippen MR) is 60.0 cm³/mol. The van der Waals surface area contributed by atoms with Gasteiger partial charge in [-0.3, -0.25) is 0 Å². The molecule has 4 aliphatic carbocycles. The van der Waals surface area contributed by atoms with Gasteiger partial charge in [0, 0.05) is 0 Å². The summed E-state index contributed by atoms with van der Waals surface area (Å²) in [5.74, 6) is 5.35. The van der Waals surface area contributed by atoms with Gasteiger partial charge in [0.05, 0.1) is 0 Å². The molecule has 0 amide bonds. The Hall–Kier alpha value is 0. The van der Waals surface area contributed by atoms with E-state index in [2.05, 4.69) is 20.8 Å². The van der Waals surface area contributed by atoms with Crippen molar-refractivity contribution in [2.24, 2.45) is 35.0 Å². The lowest BCUT2D eigenvalue weighted by atomic mass is 9.45. The van der Waals surface area contributed by atoms with E-state index in [1.54, 1.807) is 32.1 Å². The van der Waals surface area contributed by atoms with Crippen LogP contribution in [0.15, 0.2) is 0 Å². The van der Waals surface area contributed by atoms with Gasteiger partial charge in [0.15, 0.2) is 0 Å². The summed E-state index contributed by atoms with van der Waals surface area (Å²) in [5.41, 5.74) is 0.766. The monoisotopic (exact) mass is 192 g/mol. The van der Waals surface area contributed by atoms with Gasteiger partial charge in [-0.1, -0.05) is 20.8 Å². The zero-order chi connectivity index (χ0) is 9.92. The van der Waals surface area contributed by atoms with Crippen molar-refractivity contribution in [3.05, 3.63) is 0 Å². The molecule has 4 saturated carbocycles. The maximum Gasteiger partial charge on any atom is -0.0318 e. The molecule has 0 spiro atoms. The van der Waals surface area contributed by atoms with Gasteiger partial charge >= 0.3 is 0 Å². The molecular weight excluding hydrogens is 168 g/mol. The summed E-state index contributed by atoms with van der Waals surface area (Å²) in [7, 11) is 0. The Labute approximate surface area is 88.5 Å². The van der Waals surface area contributed by atoms with Gasteiger partial charge in [-0.25, -0.2) is 0 Å². The lowest BCUT2D eigenvalue weighted by Gasteiger charge is -2.60. The molecule has 0 aromatic rings. The Morgan fingerprint density at radius 3 is 2.00 bits per heavy atom. The highest BCUT2D eigenvalue weighted by Crippen LogP contribution is 2.63. The van der Waals surface area contributed by atoms with Crippen molar-refractivity contribution in [2.45, 2.75) is 52.9 Å². The maximum absolute atomic E-state index is 2.56. The van der Waals surface area contributed by atoms with Crippen LogP contribution in [-0.2, 0) is 0 Å². The first-order valence-electron chi connectivity index (χ1n) is 6.57. The topological polar surface area (TPSA) is 0 Å². The Bertz CT molecular complexity index is 224. The van der Waals surface area contributed by atoms with Crippen LogP contribution >= 0.6 is 0 Å². The van der Waals surface area contributed by atoms with E-state index in [-0.39, 0.29) is 0 Å². The smallest absolute Gasteiger partial charge is 0.0318 e. The highest BCUT2D eigenvalue weighted by Gasteiger charge is 2.53. The molecule has 2 unspecified atom stereocenters. The molecule has 0 nitrogen and oxygen atoms in total. The van der Waals surface area contributed by atoms with E-state index >= 15 is 0 Å². The fraction of sp³-hybridized carbons (Fsp3) is 1.00. The quantitative estimate of drug-likeness (QED) is 0.586. The molecule has 0 aromatic heterocycles. The summed E-state index contributed by atoms with van der Waals surface area (Å²) in [4.78, 5) is 0. The van der Waals surface area contributed by atoms with Crippen LogP contribution in [0.25, 0.3) is 0 Å². The third kappa shape index (κ3) is 1.19. The van der Waals surface area contributed by atoms with Gasteiger partial charge in [-0.2, -0.15) is 0 Å². The molecule has 4 fully saturated rings. The van der Waals surface area contributed by atoms with Gasteiger partial charge in [0.1, 0.15) is 0 Å². The van der Waals surface area contributed by atoms with Crippen molar-refractivity contribution in [3.8, 4) is 0 Å². The Morgan fingerprint density at radius 2 is 1.57 bits per heavy atom. The SMILES string of the molecule is CC(C)C1C2CC3CC1CC(C)(C3)C2. The average molecular weight is 192 g/mol. The summed E-state index contributed by atoms with van der Waals surface area (Å²) >= 11 is 0. The van der Waals surface area contributed by atoms with Crippen LogP contribution in [0.3, 0.4) is 0 Å². The summed E-state index contributed by atoms with van der Waals surface area (Å²) in [6.45, 7) is 7.47. The van der Waals surface area contributed by atoms with Crippen LogP contribution in [0.2, 0.25) is 0 Å². The zero-order valence-corrected chi connectivity index (χ0v) is 9.92. The van der Waals surface area contributed by atoms with Crippen molar-refractivity contribution >= 4 is 0 Å². The molecule has 4 rings (SSSR count). The van der Waals surface area contributed by atoms with Crippen molar-refractivity contribution in [3.63, 3.8) is 0 Å². The van der Waals surface area contributed by atoms with Crippen molar-refractivity contribution in [1.82, 2.24) is 0 Å². The third-order valence-electron chi connectivity index (χ3n) is 5.42. The molecule has 4 aliphatic rings. The minimum atomic E-state index is 0.766. The normalized spacial score (nSPS) is 55.7. The fourth-order valence-corrected chi connectivity index (χ4v) is 5.56. The Morgan fingerprint density at radius 1 is 1.00 bits per heavy atom. The van der Waals surface area contributed by atoms with Crippen molar-refractivity contribution < 1.29 is 0 Å². The predicted octanol–water partition coefficient (Wildman–Crippen LogP) is 4.10. The van der Waals surface area contributed by atoms with Crippen molar-refractivity contribution in [1.29, 1.82) is 0 Å². The number of hydrogen-bond acceptors (Lipinski definition) is 0. The first-order valence-corrected chi connectivity index (χ1v) is 6.57. The van der Waals surface area contributed by atoms with E-state index in [1.165, 1.54) is 0 Å². The average Bonchev–Trinajstić information content (AvgIpc) is 1.97. The molecule has 14 heavy (non-hydrogen) atoms. The summed E-state index contributed by atoms with van der Waals surface area (Å²) < 4.78 is 0. The minimum Gasteiger partial charge on any atom is -0.0625 e. The van der Waals surface area contributed by atoms with E-state index in [0.29, 0.717) is 0 Å². The molecular formula is C14H24. The van der Waals surface area contributed by atoms with Gasteiger partial charge in [-0.05, 0) is 67.1 Å². The standard InChI is InChI=1S/C14H24/c1-9(2)13-11-4-10-5-12(13)8-14(3,6-10)7-11/h9-13H,4-8H2,1-3H3. The van der Waals surface area contributed by atoms with E-state index in [9.17, 15) is 0 Å². The lowest BCUT2D eigenvalue weighted by molar-refractivity contribution is -0.100. The Balaban J connectivity index is 1.89. The van der Waals surface area contributed by atoms with E-state index < -0.39 is 0 Å². The molecule has 2 atom stereocenters. The minimum absolute atomic E-state index is 0.766. The largest absolute Gasteiger partial charge is 0.0625 e. The number of hydrogen-bond donors (Lipinski definition) is 0. The zero-order valence-electron chi connectivity index (χ0n) is 9.92. The van der Waals surface area contributed by atoms with E-state index in [4.69, 9.17) is 0 Å². The fourth-order valence-electron chi connectivity index (χ4n) is 5.56.